The van der Waals surface area contributed by atoms with E-state index >= 15 is 0 Å². The van der Waals surface area contributed by atoms with E-state index < -0.39 is 15.6 Å². The third-order valence-corrected chi connectivity index (χ3v) is 2.92. The van der Waals surface area contributed by atoms with Gasteiger partial charge in [0.25, 0.3) is 0 Å². The number of nitrogens with zero attached hydrogens (tertiary/aromatic N) is 2. The maximum absolute atomic E-state index is 10.7. The SMILES string of the molecule is C[n+]1ccc(-c2cc[n+](CBr)cc2)cc1.F[P-](F)(F)(F)(F)F.F[P-](F)(F)(F)(F)F. The second kappa shape index (κ2) is 7.19. The Morgan fingerprint density at radius 3 is 1.10 bits per heavy atom. The van der Waals surface area contributed by atoms with Gasteiger partial charge in [-0.05, 0) is 27.1 Å². The number of alkyl halides is 1. The fourth-order valence-corrected chi connectivity index (χ4v) is 1.76. The Kier molecular flexibility index (Phi) is 6.90. The van der Waals surface area contributed by atoms with Gasteiger partial charge in [0.1, 0.15) is 7.05 Å². The Labute approximate surface area is 164 Å². The van der Waals surface area contributed by atoms with Gasteiger partial charge in [0.15, 0.2) is 24.8 Å². The first-order valence-corrected chi connectivity index (χ1v) is 12.0. The predicted octanol–water partition coefficient (Wildman–Crippen LogP) is 8.58. The van der Waals surface area contributed by atoms with Crippen LogP contribution in [-0.4, -0.2) is 0 Å². The molecule has 0 amide bonds. The second-order valence-electron chi connectivity index (χ2n) is 5.39. The van der Waals surface area contributed by atoms with Crippen molar-refractivity contribution in [3.8, 4) is 11.1 Å². The Bertz CT molecular complexity index is 764. The molecule has 0 unspecified atom stereocenters. The van der Waals surface area contributed by atoms with E-state index in [9.17, 15) is 50.4 Å². The fourth-order valence-electron chi connectivity index (χ4n) is 1.42. The first-order valence-electron chi connectivity index (χ1n) is 6.83. The quantitative estimate of drug-likeness (QED) is 0.152. The molecule has 0 atom stereocenters. The number of hydrogen-bond donors (Lipinski definition) is 0. The Morgan fingerprint density at radius 1 is 0.621 bits per heavy atom. The van der Waals surface area contributed by atoms with Crippen LogP contribution in [0.25, 0.3) is 11.1 Å². The van der Waals surface area contributed by atoms with Gasteiger partial charge in [-0.3, -0.25) is 0 Å². The van der Waals surface area contributed by atoms with Crippen molar-refractivity contribution in [1.82, 2.24) is 0 Å². The molecule has 2 aromatic rings. The molecule has 2 nitrogen and oxygen atoms in total. The van der Waals surface area contributed by atoms with Crippen molar-refractivity contribution in [3.05, 3.63) is 49.1 Å². The first-order chi connectivity index (χ1) is 12.2. The van der Waals surface area contributed by atoms with Crippen LogP contribution < -0.4 is 9.13 Å². The van der Waals surface area contributed by atoms with E-state index in [0.29, 0.717) is 0 Å². The zero-order valence-electron chi connectivity index (χ0n) is 14.0. The normalized spacial score (nSPS) is 16.5. The summed E-state index contributed by atoms with van der Waals surface area (Å²) in [6.07, 6.45) is 8.25. The molecule has 0 aliphatic rings. The summed E-state index contributed by atoms with van der Waals surface area (Å²) < 4.78 is 122. The van der Waals surface area contributed by atoms with Gasteiger partial charge in [-0.15, -0.1) is 0 Å². The maximum atomic E-state index is 9.87. The molecular weight excluding hydrogens is 542 g/mol. The predicted molar refractivity (Wildman–Crippen MR) is 89.3 cm³/mol. The average molecular weight is 555 g/mol. The number of pyridine rings is 2. The van der Waals surface area contributed by atoms with Gasteiger partial charge in [-0.25, -0.2) is 4.57 Å². The summed E-state index contributed by atoms with van der Waals surface area (Å²) >= 11 is 3.41. The summed E-state index contributed by atoms with van der Waals surface area (Å²) in [5.74, 6) is 0. The van der Waals surface area contributed by atoms with Crippen molar-refractivity contribution in [2.45, 2.75) is 5.45 Å². The Hall–Kier alpha value is -1.20. The van der Waals surface area contributed by atoms with Gasteiger partial charge in [0.05, 0.1) is 0 Å². The summed E-state index contributed by atoms with van der Waals surface area (Å²) in [7, 11) is -19.3. The van der Waals surface area contributed by atoms with Crippen molar-refractivity contribution < 1.29 is 59.5 Å². The number of aromatic nitrogens is 2. The molecule has 0 saturated carbocycles. The van der Waals surface area contributed by atoms with E-state index in [1.54, 1.807) is 0 Å². The summed E-state index contributed by atoms with van der Waals surface area (Å²) in [5, 5.41) is 0. The van der Waals surface area contributed by atoms with Gasteiger partial charge >= 0.3 is 66.0 Å². The van der Waals surface area contributed by atoms with E-state index in [2.05, 4.69) is 69.5 Å². The average Bonchev–Trinajstić information content (AvgIpc) is 2.42. The molecule has 17 heteroatoms. The van der Waals surface area contributed by atoms with Crippen molar-refractivity contribution in [3.63, 3.8) is 0 Å². The van der Waals surface area contributed by atoms with Crippen LogP contribution in [-0.2, 0) is 12.5 Å². The topological polar surface area (TPSA) is 7.76 Å². The van der Waals surface area contributed by atoms with Gasteiger partial charge in [0, 0.05) is 24.3 Å². The molecule has 0 aliphatic carbocycles. The molecule has 0 saturated heterocycles. The number of halogens is 13. The zero-order valence-corrected chi connectivity index (χ0v) is 17.4. The minimum absolute atomic E-state index is 0.830. The van der Waals surface area contributed by atoms with E-state index in [-0.39, 0.29) is 0 Å². The van der Waals surface area contributed by atoms with Crippen LogP contribution in [0.3, 0.4) is 0 Å². The summed E-state index contributed by atoms with van der Waals surface area (Å²) in [6.45, 7) is 0. The summed E-state index contributed by atoms with van der Waals surface area (Å²) in [5.41, 5.74) is 3.32. The van der Waals surface area contributed by atoms with Gasteiger partial charge in [0.2, 0.25) is 5.45 Å². The molecule has 2 heterocycles. The Balaban J connectivity index is 0.000000473. The van der Waals surface area contributed by atoms with E-state index in [0.717, 1.165) is 5.45 Å². The molecule has 0 aliphatic heterocycles. The molecule has 0 fully saturated rings. The Morgan fingerprint density at radius 2 is 0.862 bits per heavy atom. The third kappa shape index (κ3) is 26.8. The van der Waals surface area contributed by atoms with Crippen molar-refractivity contribution in [2.75, 3.05) is 0 Å². The van der Waals surface area contributed by atoms with E-state index in [1.165, 1.54) is 11.1 Å². The van der Waals surface area contributed by atoms with Crippen LogP contribution in [0.15, 0.2) is 49.1 Å². The van der Waals surface area contributed by atoms with Gasteiger partial charge in [-0.2, -0.15) is 4.57 Å². The molecule has 0 N–H and O–H groups in total. The third-order valence-electron chi connectivity index (χ3n) is 2.34. The standard InChI is InChI=1S/C12H13BrN2.2F6P/c1-14-6-2-11(3-7-14)12-4-8-15(10-13)9-5-12;2*1-7(2,3,4,5)6/h2-9H,10H2,1H3;;/q+2;2*-1. The van der Waals surface area contributed by atoms with Crippen molar-refractivity contribution >= 4 is 31.5 Å². The van der Waals surface area contributed by atoms with Crippen LogP contribution in [0.5, 0.6) is 0 Å². The van der Waals surface area contributed by atoms with Gasteiger partial charge < -0.3 is 0 Å². The second-order valence-corrected chi connectivity index (χ2v) is 9.72. The minimum atomic E-state index is -10.7. The molecule has 2 rings (SSSR count). The van der Waals surface area contributed by atoms with Crippen LogP contribution in [0.2, 0.25) is 0 Å². The number of aryl methyl sites for hydroxylation is 1. The van der Waals surface area contributed by atoms with Crippen molar-refractivity contribution in [2.24, 2.45) is 7.05 Å². The fraction of sp³-hybridized carbons (Fsp3) is 0.167. The van der Waals surface area contributed by atoms with Crippen LogP contribution in [0, 0.1) is 0 Å². The van der Waals surface area contributed by atoms with E-state index in [1.807, 2.05) is 11.6 Å². The molecule has 0 spiro atoms. The van der Waals surface area contributed by atoms with E-state index in [4.69, 9.17) is 0 Å². The van der Waals surface area contributed by atoms with Crippen LogP contribution in [0.4, 0.5) is 50.4 Å². The molecule has 0 aromatic carbocycles. The summed E-state index contributed by atoms with van der Waals surface area (Å²) in [6, 6.07) is 8.48. The van der Waals surface area contributed by atoms with Crippen LogP contribution >= 0.6 is 31.5 Å². The molecule has 0 radical (unpaired) electrons. The summed E-state index contributed by atoms with van der Waals surface area (Å²) in [4.78, 5) is 0. The van der Waals surface area contributed by atoms with Crippen molar-refractivity contribution in [1.29, 1.82) is 0 Å². The number of hydrogen-bond acceptors (Lipinski definition) is 0. The first kappa shape index (κ1) is 27.8. The number of rotatable bonds is 2. The molecular formula is C12H13BrF12N2P2. The monoisotopic (exact) mass is 554 g/mol. The zero-order chi connectivity index (χ0) is 23.5. The molecule has 0 bridgehead atoms. The molecule has 2 aromatic heterocycles. The molecule has 29 heavy (non-hydrogen) atoms. The van der Waals surface area contributed by atoms with Crippen LogP contribution in [0.1, 0.15) is 0 Å². The van der Waals surface area contributed by atoms with Gasteiger partial charge in [-0.1, -0.05) is 0 Å². The molecule has 172 valence electrons.